The minimum Gasteiger partial charge on any atom is -1.00 e. The van der Waals surface area contributed by atoms with E-state index in [-0.39, 0.29) is 22.9 Å². The quantitative estimate of drug-likeness (QED) is 0.0983. The lowest BCUT2D eigenvalue weighted by Crippen LogP contribution is -3.00. The predicted octanol–water partition coefficient (Wildman–Crippen LogP) is 6.73. The molecule has 7 heteroatoms. The molecule has 1 aromatic heterocycles. The topological polar surface area (TPSA) is 33.4 Å². The van der Waals surface area contributed by atoms with E-state index in [9.17, 15) is 4.79 Å². The molecule has 0 aliphatic heterocycles. The third-order valence-electron chi connectivity index (χ3n) is 7.61. The van der Waals surface area contributed by atoms with Crippen LogP contribution in [-0.2, 0) is 17.8 Å². The van der Waals surface area contributed by atoms with E-state index in [4.69, 9.17) is 16.3 Å². The zero-order valence-electron chi connectivity index (χ0n) is 25.9. The maximum absolute atomic E-state index is 12.7. The number of unbranched alkanes of at least 4 members (excludes halogenated alkanes) is 11. The number of hydrogen-bond acceptors (Lipinski definition) is 3. The molecule has 0 fully saturated rings. The summed E-state index contributed by atoms with van der Waals surface area (Å²) in [6, 6.07) is 14.2. The number of benzene rings is 2. The minimum atomic E-state index is 0. The Hall–Kier alpha value is -1.89. The SMILES string of the molecule is CCCCCCCCCCCCCCOc1cc(CCN(C(C)=O)c2ccccc2C[n+]2csc(C)c2)ccc1Cl.[Br-]. The van der Waals surface area contributed by atoms with Gasteiger partial charge in [-0.05, 0) is 43.5 Å². The first-order valence-corrected chi connectivity index (χ1v) is 16.9. The van der Waals surface area contributed by atoms with Crippen molar-refractivity contribution >= 4 is 34.5 Å². The fraction of sp³-hybridized carbons (Fsp3) is 0.543. The van der Waals surface area contributed by atoms with Crippen molar-refractivity contribution in [3.05, 3.63) is 75.2 Å². The molecule has 0 aliphatic carbocycles. The van der Waals surface area contributed by atoms with Crippen LogP contribution >= 0.6 is 22.9 Å². The third-order valence-corrected chi connectivity index (χ3v) is 8.78. The van der Waals surface area contributed by atoms with Gasteiger partial charge in [-0.3, -0.25) is 4.79 Å². The van der Waals surface area contributed by atoms with Gasteiger partial charge in [-0.15, -0.1) is 0 Å². The highest BCUT2D eigenvalue weighted by atomic mass is 79.9. The number of para-hydroxylation sites is 1. The van der Waals surface area contributed by atoms with Gasteiger partial charge in [0.1, 0.15) is 5.75 Å². The molecule has 0 spiro atoms. The van der Waals surface area contributed by atoms with Gasteiger partial charge in [0.25, 0.3) is 0 Å². The van der Waals surface area contributed by atoms with Crippen LogP contribution in [0.5, 0.6) is 5.75 Å². The number of anilines is 1. The molecule has 4 nitrogen and oxygen atoms in total. The molecule has 0 N–H and O–H groups in total. The fourth-order valence-corrected chi connectivity index (χ4v) is 6.07. The van der Waals surface area contributed by atoms with Crippen LogP contribution in [0.25, 0.3) is 0 Å². The van der Waals surface area contributed by atoms with E-state index in [1.807, 2.05) is 41.3 Å². The molecule has 42 heavy (non-hydrogen) atoms. The van der Waals surface area contributed by atoms with Crippen molar-refractivity contribution in [1.29, 1.82) is 0 Å². The Labute approximate surface area is 274 Å². The van der Waals surface area contributed by atoms with Crippen molar-refractivity contribution in [1.82, 2.24) is 0 Å². The van der Waals surface area contributed by atoms with E-state index < -0.39 is 0 Å². The minimum absolute atomic E-state index is 0. The average molecular weight is 678 g/mol. The predicted molar refractivity (Wildman–Crippen MR) is 175 cm³/mol. The highest BCUT2D eigenvalue weighted by Gasteiger charge is 2.18. The molecular weight excluding hydrogens is 628 g/mol. The van der Waals surface area contributed by atoms with Crippen LogP contribution in [0.1, 0.15) is 107 Å². The lowest BCUT2D eigenvalue weighted by Gasteiger charge is -2.23. The summed E-state index contributed by atoms with van der Waals surface area (Å²) < 4.78 is 8.26. The molecule has 0 saturated carbocycles. The second-order valence-electron chi connectivity index (χ2n) is 11.2. The number of hydrogen-bond donors (Lipinski definition) is 0. The zero-order valence-corrected chi connectivity index (χ0v) is 29.0. The van der Waals surface area contributed by atoms with Gasteiger partial charge < -0.3 is 26.6 Å². The molecule has 2 aromatic carbocycles. The molecule has 232 valence electrons. The van der Waals surface area contributed by atoms with Crippen molar-refractivity contribution in [2.45, 2.75) is 111 Å². The number of ether oxygens (including phenoxy) is 1. The average Bonchev–Trinajstić information content (AvgIpc) is 3.37. The summed E-state index contributed by atoms with van der Waals surface area (Å²) in [5.74, 6) is 0.785. The normalized spacial score (nSPS) is 10.9. The van der Waals surface area contributed by atoms with Crippen LogP contribution in [-0.4, -0.2) is 19.1 Å². The lowest BCUT2D eigenvalue weighted by atomic mass is 10.1. The van der Waals surface area contributed by atoms with Crippen LogP contribution in [0.4, 0.5) is 5.69 Å². The van der Waals surface area contributed by atoms with Crippen LogP contribution in [0.15, 0.2) is 54.2 Å². The maximum Gasteiger partial charge on any atom is 0.225 e. The first-order chi connectivity index (χ1) is 20.0. The molecular formula is C35H50BrClN2O2S. The van der Waals surface area contributed by atoms with Crippen LogP contribution < -0.4 is 31.2 Å². The first-order valence-electron chi connectivity index (χ1n) is 15.7. The first kappa shape index (κ1) is 36.3. The largest absolute Gasteiger partial charge is 1.00 e. The molecule has 0 radical (unpaired) electrons. The summed E-state index contributed by atoms with van der Waals surface area (Å²) in [5, 5.41) is 0.643. The summed E-state index contributed by atoms with van der Waals surface area (Å²) in [4.78, 5) is 15.9. The van der Waals surface area contributed by atoms with Crippen LogP contribution in [0, 0.1) is 6.92 Å². The Kier molecular flexibility index (Phi) is 18.1. The number of nitrogens with zero attached hydrogens (tertiary/aromatic N) is 2. The van der Waals surface area contributed by atoms with Crippen molar-refractivity contribution in [2.75, 3.05) is 18.1 Å². The maximum atomic E-state index is 12.7. The Bertz CT molecular complexity index is 1190. The third kappa shape index (κ3) is 13.2. The van der Waals surface area contributed by atoms with E-state index in [2.05, 4.69) is 36.2 Å². The number of aryl methyl sites for hydroxylation is 1. The summed E-state index contributed by atoms with van der Waals surface area (Å²) >= 11 is 8.19. The number of carbonyl (C=O) groups excluding carboxylic acids is 1. The van der Waals surface area contributed by atoms with Gasteiger partial charge in [-0.2, -0.15) is 4.57 Å². The van der Waals surface area contributed by atoms with Gasteiger partial charge in [0, 0.05) is 19.0 Å². The molecule has 1 heterocycles. The van der Waals surface area contributed by atoms with Gasteiger partial charge in [0.2, 0.25) is 11.4 Å². The molecule has 3 rings (SSSR count). The number of thiazole rings is 1. The van der Waals surface area contributed by atoms with Gasteiger partial charge in [0.05, 0.1) is 22.2 Å². The zero-order chi connectivity index (χ0) is 29.3. The van der Waals surface area contributed by atoms with Gasteiger partial charge >= 0.3 is 0 Å². The Morgan fingerprint density at radius 2 is 1.57 bits per heavy atom. The molecule has 0 bridgehead atoms. The lowest BCUT2D eigenvalue weighted by molar-refractivity contribution is -0.683. The highest BCUT2D eigenvalue weighted by Crippen LogP contribution is 2.27. The summed E-state index contributed by atoms with van der Waals surface area (Å²) in [5.41, 5.74) is 5.34. The Morgan fingerprint density at radius 1 is 0.929 bits per heavy atom. The van der Waals surface area contributed by atoms with Crippen LogP contribution in [0.2, 0.25) is 5.02 Å². The van der Waals surface area contributed by atoms with Crippen LogP contribution in [0.3, 0.4) is 0 Å². The summed E-state index contributed by atoms with van der Waals surface area (Å²) in [6.07, 6.45) is 18.8. The second kappa shape index (κ2) is 20.9. The number of rotatable bonds is 20. The number of amides is 1. The molecule has 0 unspecified atom stereocenters. The smallest absolute Gasteiger partial charge is 0.225 e. The monoisotopic (exact) mass is 676 g/mol. The van der Waals surface area contributed by atoms with Crippen molar-refractivity contribution in [3.63, 3.8) is 0 Å². The number of carbonyl (C=O) groups is 1. The Balaban J connectivity index is 0.00000616. The fourth-order valence-electron chi connectivity index (χ4n) is 5.26. The number of halogens is 2. The number of aromatic nitrogens is 1. The van der Waals surface area contributed by atoms with Crippen molar-refractivity contribution < 1.29 is 31.1 Å². The molecule has 0 saturated heterocycles. The molecule has 3 aromatic rings. The summed E-state index contributed by atoms with van der Waals surface area (Å²) in [6.45, 7) is 8.05. The van der Waals surface area contributed by atoms with E-state index in [0.717, 1.165) is 42.0 Å². The van der Waals surface area contributed by atoms with E-state index in [1.165, 1.54) is 75.5 Å². The molecule has 0 atom stereocenters. The van der Waals surface area contributed by atoms with Gasteiger partial charge in [-0.25, -0.2) is 0 Å². The molecule has 1 amide bonds. The van der Waals surface area contributed by atoms with E-state index in [1.54, 1.807) is 18.3 Å². The van der Waals surface area contributed by atoms with Gasteiger partial charge in [-0.1, -0.05) is 125 Å². The van der Waals surface area contributed by atoms with E-state index in [0.29, 0.717) is 18.2 Å². The highest BCUT2D eigenvalue weighted by molar-refractivity contribution is 7.09. The second-order valence-corrected chi connectivity index (χ2v) is 12.7. The van der Waals surface area contributed by atoms with Gasteiger partial charge in [0.15, 0.2) is 12.7 Å². The molecule has 0 aliphatic rings. The summed E-state index contributed by atoms with van der Waals surface area (Å²) in [7, 11) is 0. The van der Waals surface area contributed by atoms with Crippen molar-refractivity contribution in [2.24, 2.45) is 0 Å². The van der Waals surface area contributed by atoms with Crippen molar-refractivity contribution in [3.8, 4) is 5.75 Å². The van der Waals surface area contributed by atoms with E-state index >= 15 is 0 Å². The standard InChI is InChI=1S/C35H50ClN2O2S.BrH/c1-4-5-6-7-8-9-10-11-12-13-14-17-24-40-35-25-31(20-21-33(35)36)22-23-38(30(3)39)34-19-16-15-18-32(34)27-37-26-29(2)41-28-37;/h15-16,18-21,25-26,28H,4-14,17,22-24,27H2,1-3H3;1H/q+1;/p-1. The Morgan fingerprint density at radius 3 is 2.19 bits per heavy atom.